The van der Waals surface area contributed by atoms with Gasteiger partial charge in [0.25, 0.3) is 0 Å². The Bertz CT molecular complexity index is 1390. The van der Waals surface area contributed by atoms with Crippen molar-refractivity contribution in [2.45, 2.75) is 57.5 Å². The number of thiophene rings is 1. The number of H-pyrrole nitrogens is 1. The smallest absolute Gasteiger partial charge is 0.356 e. The van der Waals surface area contributed by atoms with Gasteiger partial charge in [0.2, 0.25) is 0 Å². The Morgan fingerprint density at radius 1 is 1.08 bits per heavy atom. The van der Waals surface area contributed by atoms with E-state index in [2.05, 4.69) is 32.0 Å². The first-order valence-electron chi connectivity index (χ1n) is 12.5. The Morgan fingerprint density at radius 3 is 2.56 bits per heavy atom. The van der Waals surface area contributed by atoms with E-state index in [4.69, 9.17) is 0 Å². The fourth-order valence-electron chi connectivity index (χ4n) is 5.32. The lowest BCUT2D eigenvalue weighted by Gasteiger charge is -2.27. The van der Waals surface area contributed by atoms with Gasteiger partial charge in [0, 0.05) is 25.0 Å². The fraction of sp³-hybridized carbons (Fsp3) is 0.500. The number of aromatic amines is 1. The molecule has 4 heterocycles. The zero-order valence-corrected chi connectivity index (χ0v) is 21.1. The van der Waals surface area contributed by atoms with E-state index in [1.54, 1.807) is 17.7 Å². The Morgan fingerprint density at radius 2 is 1.83 bits per heavy atom. The number of imidazole rings is 1. The number of fused-ring (bicyclic) bond motifs is 2. The van der Waals surface area contributed by atoms with Gasteiger partial charge in [0.05, 0.1) is 22.8 Å². The summed E-state index contributed by atoms with van der Waals surface area (Å²) in [6.45, 7) is 1.67. The van der Waals surface area contributed by atoms with Crippen molar-refractivity contribution in [1.29, 1.82) is 0 Å². The molecular weight excluding hydrogens is 487 g/mol. The van der Waals surface area contributed by atoms with Gasteiger partial charge in [-0.15, -0.1) is 11.3 Å². The third-order valence-electron chi connectivity index (χ3n) is 7.11. The lowest BCUT2D eigenvalue weighted by atomic mass is 9.89. The van der Waals surface area contributed by atoms with Crippen LogP contribution in [0.1, 0.15) is 49.0 Å². The average Bonchev–Trinajstić information content (AvgIpc) is 3.35. The Kier molecular flexibility index (Phi) is 7.05. The minimum atomic E-state index is -4.23. The molecule has 0 unspecified atom stereocenters. The molecule has 6 nitrogen and oxygen atoms in total. The number of hydrogen-bond donors (Lipinski definition) is 1. The van der Waals surface area contributed by atoms with Crippen molar-refractivity contribution in [2.24, 2.45) is 13.0 Å². The zero-order chi connectivity index (χ0) is 25.3. The van der Waals surface area contributed by atoms with E-state index >= 15 is 0 Å². The zero-order valence-electron chi connectivity index (χ0n) is 20.3. The number of aryl methyl sites for hydroxylation is 1. The van der Waals surface area contributed by atoms with E-state index in [1.807, 2.05) is 6.07 Å². The van der Waals surface area contributed by atoms with E-state index in [0.29, 0.717) is 10.7 Å². The monoisotopic (exact) mass is 517 g/mol. The summed E-state index contributed by atoms with van der Waals surface area (Å²) < 4.78 is 40.4. The van der Waals surface area contributed by atoms with Crippen molar-refractivity contribution in [3.8, 4) is 0 Å². The number of nitrogens with zero attached hydrogens (tertiary/aromatic N) is 4. The highest BCUT2D eigenvalue weighted by molar-refractivity contribution is 7.18. The van der Waals surface area contributed by atoms with Gasteiger partial charge in [0.15, 0.2) is 0 Å². The van der Waals surface area contributed by atoms with Crippen LogP contribution in [0.25, 0.3) is 21.3 Å². The topological polar surface area (TPSA) is 66.8 Å². The quantitative estimate of drug-likeness (QED) is 0.361. The lowest BCUT2D eigenvalue weighted by Crippen LogP contribution is -2.27. The summed E-state index contributed by atoms with van der Waals surface area (Å²) in [5, 5.41) is 0.728. The van der Waals surface area contributed by atoms with Gasteiger partial charge >= 0.3 is 11.9 Å². The van der Waals surface area contributed by atoms with Crippen LogP contribution in [0.15, 0.2) is 35.4 Å². The number of rotatable bonds is 4. The average molecular weight is 518 g/mol. The van der Waals surface area contributed by atoms with E-state index in [1.165, 1.54) is 11.9 Å². The molecule has 10 heteroatoms. The van der Waals surface area contributed by atoms with Crippen molar-refractivity contribution in [3.63, 3.8) is 0 Å². The normalized spacial score (nSPS) is 16.7. The SMILES string of the molecule is Cn1c(=O)[nH]c2cc(CC3CCCCN(c4ncnc5sc(CC(F)(F)F)cc45)CCCC3)ccc21. The summed E-state index contributed by atoms with van der Waals surface area (Å²) in [7, 11) is 1.78. The molecular formula is C26H30F3N5OS. The van der Waals surface area contributed by atoms with Gasteiger partial charge < -0.3 is 9.88 Å². The maximum absolute atomic E-state index is 12.9. The molecule has 1 fully saturated rings. The van der Waals surface area contributed by atoms with Crippen molar-refractivity contribution in [3.05, 3.63) is 51.5 Å². The summed E-state index contributed by atoms with van der Waals surface area (Å²) in [4.78, 5) is 26.7. The Labute approximate surface area is 211 Å². The number of hydrogen-bond acceptors (Lipinski definition) is 5. The Balaban J connectivity index is 1.24. The molecule has 1 aromatic carbocycles. The summed E-state index contributed by atoms with van der Waals surface area (Å²) in [5.41, 5.74) is 2.97. The van der Waals surface area contributed by atoms with E-state index in [0.717, 1.165) is 91.6 Å². The van der Waals surface area contributed by atoms with Gasteiger partial charge in [0.1, 0.15) is 17.0 Å². The lowest BCUT2D eigenvalue weighted by molar-refractivity contribution is -0.126. The predicted octanol–water partition coefficient (Wildman–Crippen LogP) is 6.00. The van der Waals surface area contributed by atoms with E-state index in [9.17, 15) is 18.0 Å². The molecule has 0 radical (unpaired) electrons. The molecule has 0 aliphatic carbocycles. The summed E-state index contributed by atoms with van der Waals surface area (Å²) >= 11 is 1.10. The minimum absolute atomic E-state index is 0.0922. The first-order chi connectivity index (χ1) is 17.3. The van der Waals surface area contributed by atoms with Crippen LogP contribution in [-0.2, 0) is 19.9 Å². The molecule has 0 amide bonds. The number of nitrogens with one attached hydrogen (secondary N) is 1. The molecule has 1 saturated heterocycles. The number of aromatic nitrogens is 4. The van der Waals surface area contributed by atoms with Crippen molar-refractivity contribution in [1.82, 2.24) is 19.5 Å². The molecule has 0 atom stereocenters. The predicted molar refractivity (Wildman–Crippen MR) is 138 cm³/mol. The maximum Gasteiger partial charge on any atom is 0.393 e. The highest BCUT2D eigenvalue weighted by atomic mass is 32.1. The molecule has 5 rings (SSSR count). The van der Waals surface area contributed by atoms with Gasteiger partial charge in [-0.25, -0.2) is 14.8 Å². The largest absolute Gasteiger partial charge is 0.393 e. The molecule has 0 spiro atoms. The number of alkyl halides is 3. The van der Waals surface area contributed by atoms with Gasteiger partial charge in [-0.05, 0) is 48.9 Å². The highest BCUT2D eigenvalue weighted by Gasteiger charge is 2.29. The van der Waals surface area contributed by atoms with Gasteiger partial charge in [-0.2, -0.15) is 13.2 Å². The van der Waals surface area contributed by atoms with Gasteiger partial charge in [-0.1, -0.05) is 31.7 Å². The van der Waals surface area contributed by atoms with Crippen LogP contribution in [0.5, 0.6) is 0 Å². The second-order valence-corrected chi connectivity index (χ2v) is 10.9. The number of halogens is 3. The van der Waals surface area contributed by atoms with Crippen LogP contribution in [0.3, 0.4) is 0 Å². The summed E-state index contributed by atoms with van der Waals surface area (Å²) in [5.74, 6) is 1.35. The molecule has 0 saturated carbocycles. The highest BCUT2D eigenvalue weighted by Crippen LogP contribution is 2.34. The van der Waals surface area contributed by atoms with Crippen molar-refractivity contribution < 1.29 is 13.2 Å². The first-order valence-corrected chi connectivity index (χ1v) is 13.3. The van der Waals surface area contributed by atoms with Crippen LogP contribution in [0, 0.1) is 5.92 Å². The van der Waals surface area contributed by atoms with Crippen LogP contribution in [0.4, 0.5) is 19.0 Å². The van der Waals surface area contributed by atoms with Crippen LogP contribution >= 0.6 is 11.3 Å². The summed E-state index contributed by atoms with van der Waals surface area (Å²) in [6.07, 6.45) is 3.75. The molecule has 1 aliphatic rings. The Hall–Kier alpha value is -2.88. The second-order valence-electron chi connectivity index (χ2n) is 9.81. The van der Waals surface area contributed by atoms with Crippen LogP contribution in [0.2, 0.25) is 0 Å². The molecule has 4 aromatic rings. The van der Waals surface area contributed by atoms with Crippen molar-refractivity contribution >= 4 is 38.4 Å². The maximum atomic E-state index is 12.9. The molecule has 1 aliphatic heterocycles. The third-order valence-corrected chi connectivity index (χ3v) is 8.15. The van der Waals surface area contributed by atoms with Crippen LogP contribution in [-0.4, -0.2) is 38.8 Å². The molecule has 192 valence electrons. The standard InChI is InChI=1S/C26H30F3N5OS/c1-33-22-9-8-18(13-21(22)32-25(33)35)12-17-6-2-4-10-34(11-5-3-7-17)23-20-14-19(15-26(27,28)29)36-24(20)31-16-30-23/h8-9,13-14,16-17H,2-7,10-12,15H2,1H3,(H,32,35). The molecule has 0 bridgehead atoms. The van der Waals surface area contributed by atoms with Gasteiger partial charge in [-0.3, -0.25) is 4.57 Å². The second kappa shape index (κ2) is 10.2. The van der Waals surface area contributed by atoms with Crippen LogP contribution < -0.4 is 10.6 Å². The first kappa shape index (κ1) is 24.8. The number of benzene rings is 1. The van der Waals surface area contributed by atoms with E-state index in [-0.39, 0.29) is 10.6 Å². The summed E-state index contributed by atoms with van der Waals surface area (Å²) in [6, 6.07) is 7.87. The van der Waals surface area contributed by atoms with Crippen molar-refractivity contribution in [2.75, 3.05) is 18.0 Å². The fourth-order valence-corrected chi connectivity index (χ4v) is 6.34. The van der Waals surface area contributed by atoms with E-state index < -0.39 is 12.6 Å². The minimum Gasteiger partial charge on any atom is -0.356 e. The molecule has 1 N–H and O–H groups in total. The number of anilines is 1. The molecule has 36 heavy (non-hydrogen) atoms. The molecule has 3 aromatic heterocycles. The third kappa shape index (κ3) is 5.58.